The van der Waals surface area contributed by atoms with Gasteiger partial charge < -0.3 is 9.73 Å². The number of hydrogen-bond acceptors (Lipinski definition) is 2. The van der Waals surface area contributed by atoms with Crippen molar-refractivity contribution < 1.29 is 9.21 Å². The van der Waals surface area contributed by atoms with Crippen LogP contribution in [0.4, 0.5) is 5.69 Å². The molecular formula is C17H13Cl2NO2. The minimum atomic E-state index is -0.131. The Kier molecular flexibility index (Phi) is 4.10. The minimum Gasteiger partial charge on any atom is -0.464 e. The van der Waals surface area contributed by atoms with Gasteiger partial charge in [-0.2, -0.15) is 0 Å². The molecule has 0 aliphatic heterocycles. The number of carbonyl (C=O) groups is 1. The Balaban J connectivity index is 1.81. The standard InChI is InChI=1S/C17H13Cl2NO2/c1-10-14(19)3-2-4-15(10)20-17(21)7-11-9-22-16-6-5-12(18)8-13(11)16/h2-6,8-9H,7H2,1H3,(H,20,21). The molecule has 0 fully saturated rings. The SMILES string of the molecule is Cc1c(Cl)cccc1NC(=O)Cc1coc2ccc(Cl)cc12. The lowest BCUT2D eigenvalue weighted by Gasteiger charge is -2.09. The maximum absolute atomic E-state index is 12.2. The normalized spacial score (nSPS) is 10.9. The van der Waals surface area contributed by atoms with Crippen LogP contribution in [0.5, 0.6) is 0 Å². The molecule has 0 saturated heterocycles. The number of benzene rings is 2. The minimum absolute atomic E-state index is 0.131. The number of furan rings is 1. The molecule has 0 spiro atoms. The van der Waals surface area contributed by atoms with E-state index in [-0.39, 0.29) is 12.3 Å². The van der Waals surface area contributed by atoms with Crippen molar-refractivity contribution in [1.29, 1.82) is 0 Å². The van der Waals surface area contributed by atoms with E-state index in [9.17, 15) is 4.79 Å². The number of hydrogen-bond donors (Lipinski definition) is 1. The number of rotatable bonds is 3. The van der Waals surface area contributed by atoms with Crippen LogP contribution in [0, 0.1) is 6.92 Å². The quantitative estimate of drug-likeness (QED) is 0.713. The molecule has 0 saturated carbocycles. The van der Waals surface area contributed by atoms with E-state index >= 15 is 0 Å². The summed E-state index contributed by atoms with van der Waals surface area (Å²) in [4.78, 5) is 12.2. The third kappa shape index (κ3) is 2.96. The first-order valence-electron chi connectivity index (χ1n) is 6.75. The van der Waals surface area contributed by atoms with Crippen LogP contribution in [0.25, 0.3) is 11.0 Å². The summed E-state index contributed by atoms with van der Waals surface area (Å²) in [6.45, 7) is 1.87. The Hall–Kier alpha value is -1.97. The van der Waals surface area contributed by atoms with Gasteiger partial charge >= 0.3 is 0 Å². The highest BCUT2D eigenvalue weighted by Crippen LogP contribution is 2.26. The highest BCUT2D eigenvalue weighted by atomic mass is 35.5. The van der Waals surface area contributed by atoms with Crippen LogP contribution in [0.2, 0.25) is 10.0 Å². The van der Waals surface area contributed by atoms with Gasteiger partial charge in [-0.05, 0) is 42.8 Å². The van der Waals surface area contributed by atoms with E-state index in [1.54, 1.807) is 36.6 Å². The zero-order chi connectivity index (χ0) is 15.7. The summed E-state index contributed by atoms with van der Waals surface area (Å²) in [5.74, 6) is -0.131. The van der Waals surface area contributed by atoms with Gasteiger partial charge in [0.1, 0.15) is 5.58 Å². The summed E-state index contributed by atoms with van der Waals surface area (Å²) >= 11 is 12.0. The van der Waals surface area contributed by atoms with Crippen LogP contribution >= 0.6 is 23.2 Å². The molecule has 0 unspecified atom stereocenters. The highest BCUT2D eigenvalue weighted by molar-refractivity contribution is 6.32. The Bertz CT molecular complexity index is 855. The molecule has 0 aliphatic carbocycles. The monoisotopic (exact) mass is 333 g/mol. The lowest BCUT2D eigenvalue weighted by atomic mass is 10.1. The Morgan fingerprint density at radius 2 is 2.05 bits per heavy atom. The molecule has 3 nitrogen and oxygen atoms in total. The van der Waals surface area contributed by atoms with E-state index in [1.807, 2.05) is 13.0 Å². The van der Waals surface area contributed by atoms with E-state index < -0.39 is 0 Å². The third-order valence-corrected chi connectivity index (χ3v) is 4.15. The Labute approximate surface area is 137 Å². The fourth-order valence-electron chi connectivity index (χ4n) is 2.30. The van der Waals surface area contributed by atoms with Crippen LogP contribution in [0.15, 0.2) is 47.1 Å². The van der Waals surface area contributed by atoms with Crippen LogP contribution < -0.4 is 5.32 Å². The molecular weight excluding hydrogens is 321 g/mol. The van der Waals surface area contributed by atoms with Gasteiger partial charge in [0.25, 0.3) is 0 Å². The summed E-state index contributed by atoms with van der Waals surface area (Å²) < 4.78 is 5.44. The van der Waals surface area contributed by atoms with Crippen molar-refractivity contribution in [3.8, 4) is 0 Å². The van der Waals surface area contributed by atoms with E-state index in [0.717, 1.165) is 16.5 Å². The molecule has 5 heteroatoms. The molecule has 0 aliphatic rings. The summed E-state index contributed by atoms with van der Waals surface area (Å²) in [5.41, 5.74) is 3.07. The van der Waals surface area contributed by atoms with E-state index in [2.05, 4.69) is 5.32 Å². The first-order chi connectivity index (χ1) is 10.5. The average molecular weight is 334 g/mol. The van der Waals surface area contributed by atoms with Crippen molar-refractivity contribution in [1.82, 2.24) is 0 Å². The second-order valence-corrected chi connectivity index (χ2v) is 5.88. The van der Waals surface area contributed by atoms with Gasteiger partial charge in [-0.25, -0.2) is 0 Å². The van der Waals surface area contributed by atoms with Crippen molar-refractivity contribution in [2.75, 3.05) is 5.32 Å². The number of anilines is 1. The predicted molar refractivity (Wildman–Crippen MR) is 89.7 cm³/mol. The van der Waals surface area contributed by atoms with E-state index in [1.165, 1.54) is 0 Å². The summed E-state index contributed by atoms with van der Waals surface area (Å²) in [6.07, 6.45) is 1.80. The molecule has 22 heavy (non-hydrogen) atoms. The highest BCUT2D eigenvalue weighted by Gasteiger charge is 2.12. The number of nitrogens with one attached hydrogen (secondary N) is 1. The van der Waals surface area contributed by atoms with E-state index in [4.69, 9.17) is 27.6 Å². The Morgan fingerprint density at radius 3 is 2.86 bits per heavy atom. The van der Waals surface area contributed by atoms with Crippen molar-refractivity contribution in [2.45, 2.75) is 13.3 Å². The molecule has 112 valence electrons. The second kappa shape index (κ2) is 6.03. The number of fused-ring (bicyclic) bond motifs is 1. The van der Waals surface area contributed by atoms with Crippen LogP contribution in [0.3, 0.4) is 0 Å². The zero-order valence-corrected chi connectivity index (χ0v) is 13.3. The molecule has 0 radical (unpaired) electrons. The lowest BCUT2D eigenvalue weighted by Crippen LogP contribution is -2.15. The first kappa shape index (κ1) is 14.9. The van der Waals surface area contributed by atoms with Gasteiger partial charge in [0.2, 0.25) is 5.91 Å². The number of halogens is 2. The van der Waals surface area contributed by atoms with Crippen LogP contribution in [-0.4, -0.2) is 5.91 Å². The molecule has 1 aromatic heterocycles. The van der Waals surface area contributed by atoms with Crippen LogP contribution in [0.1, 0.15) is 11.1 Å². The van der Waals surface area contributed by atoms with Crippen molar-refractivity contribution in [3.63, 3.8) is 0 Å². The fraction of sp³-hybridized carbons (Fsp3) is 0.118. The largest absolute Gasteiger partial charge is 0.464 e. The third-order valence-electron chi connectivity index (χ3n) is 3.51. The number of carbonyl (C=O) groups excluding carboxylic acids is 1. The summed E-state index contributed by atoms with van der Waals surface area (Å²) in [5, 5.41) is 4.96. The maximum atomic E-state index is 12.2. The van der Waals surface area contributed by atoms with Crippen LogP contribution in [-0.2, 0) is 11.2 Å². The molecule has 3 aromatic rings. The smallest absolute Gasteiger partial charge is 0.228 e. The topological polar surface area (TPSA) is 42.2 Å². The summed E-state index contributed by atoms with van der Waals surface area (Å²) in [6, 6.07) is 10.8. The van der Waals surface area contributed by atoms with Crippen molar-refractivity contribution in [2.24, 2.45) is 0 Å². The molecule has 3 rings (SSSR count). The predicted octanol–water partition coefficient (Wildman–Crippen LogP) is 5.23. The van der Waals surface area contributed by atoms with Crippen molar-refractivity contribution >= 4 is 45.8 Å². The molecule has 1 heterocycles. The molecule has 1 N–H and O–H groups in total. The number of amides is 1. The zero-order valence-electron chi connectivity index (χ0n) is 11.8. The molecule has 0 atom stereocenters. The Morgan fingerprint density at radius 1 is 1.23 bits per heavy atom. The van der Waals surface area contributed by atoms with Gasteiger partial charge in [0.15, 0.2) is 0 Å². The molecule has 0 bridgehead atoms. The fourth-order valence-corrected chi connectivity index (χ4v) is 2.65. The van der Waals surface area contributed by atoms with Gasteiger partial charge in [-0.15, -0.1) is 0 Å². The van der Waals surface area contributed by atoms with E-state index in [0.29, 0.717) is 21.3 Å². The van der Waals surface area contributed by atoms with Crippen molar-refractivity contribution in [3.05, 3.63) is 63.8 Å². The van der Waals surface area contributed by atoms with Gasteiger partial charge in [0, 0.05) is 26.7 Å². The first-order valence-corrected chi connectivity index (χ1v) is 7.51. The van der Waals surface area contributed by atoms with Gasteiger partial charge in [-0.1, -0.05) is 29.3 Å². The van der Waals surface area contributed by atoms with Gasteiger partial charge in [0.05, 0.1) is 12.7 Å². The van der Waals surface area contributed by atoms with Gasteiger partial charge in [-0.3, -0.25) is 4.79 Å². The average Bonchev–Trinajstić information content (AvgIpc) is 2.86. The molecule has 1 amide bonds. The maximum Gasteiger partial charge on any atom is 0.228 e. The second-order valence-electron chi connectivity index (χ2n) is 5.04. The summed E-state index contributed by atoms with van der Waals surface area (Å²) in [7, 11) is 0. The molecule has 2 aromatic carbocycles. The lowest BCUT2D eigenvalue weighted by molar-refractivity contribution is -0.115.